The van der Waals surface area contributed by atoms with Gasteiger partial charge >= 0.3 is 15.2 Å². The molecule has 0 radical (unpaired) electrons. The second-order valence-electron chi connectivity index (χ2n) is 9.81. The fraction of sp³-hybridized carbons (Fsp3) is 0.241. The summed E-state index contributed by atoms with van der Waals surface area (Å²) in [6.45, 7) is 0.278. The number of aromatic nitrogens is 2. The molecule has 0 N–H and O–H groups in total. The van der Waals surface area contributed by atoms with Crippen LogP contribution in [0.15, 0.2) is 109 Å². The van der Waals surface area contributed by atoms with Crippen molar-refractivity contribution in [2.24, 2.45) is 5.41 Å². The monoisotopic (exact) mass is 562 g/mol. The lowest BCUT2D eigenvalue weighted by Crippen LogP contribution is -2.46. The minimum Gasteiger partial charge on any atom is -0.307 e. The Labute approximate surface area is 227 Å². The van der Waals surface area contributed by atoms with E-state index in [0.29, 0.717) is 11.4 Å². The number of hydrogen-bond acceptors (Lipinski definition) is 8. The highest BCUT2D eigenvalue weighted by atomic mass is 31.2. The van der Waals surface area contributed by atoms with E-state index in [1.165, 1.54) is 0 Å². The van der Waals surface area contributed by atoms with Gasteiger partial charge in [-0.15, -0.1) is 0 Å². The average molecular weight is 562 g/mol. The van der Waals surface area contributed by atoms with Gasteiger partial charge in [0.1, 0.15) is 11.3 Å². The van der Waals surface area contributed by atoms with E-state index in [4.69, 9.17) is 18.1 Å². The van der Waals surface area contributed by atoms with Crippen molar-refractivity contribution >= 4 is 15.2 Å². The Kier molecular flexibility index (Phi) is 7.34. The predicted octanol–water partition coefficient (Wildman–Crippen LogP) is 6.82. The molecular weight excluding hydrogens is 534 g/mol. The van der Waals surface area contributed by atoms with Gasteiger partial charge in [-0.1, -0.05) is 72.8 Å². The topological polar surface area (TPSA) is 96.8 Å². The van der Waals surface area contributed by atoms with Crippen LogP contribution in [0.4, 0.5) is 0 Å². The van der Waals surface area contributed by atoms with E-state index in [-0.39, 0.29) is 26.4 Å². The third kappa shape index (κ3) is 5.29. The van der Waals surface area contributed by atoms with Crippen molar-refractivity contribution in [2.45, 2.75) is 11.3 Å². The van der Waals surface area contributed by atoms with Gasteiger partial charge in [-0.25, -0.2) is 0 Å². The molecule has 2 saturated heterocycles. The van der Waals surface area contributed by atoms with Gasteiger partial charge < -0.3 is 18.1 Å². The number of rotatable bonds is 6. The summed E-state index contributed by atoms with van der Waals surface area (Å²) in [5.41, 5.74) is 0.669. The van der Waals surface area contributed by atoms with Gasteiger partial charge in [0.05, 0.1) is 43.2 Å². The smallest absolute Gasteiger partial charge is 0.307 e. The maximum Gasteiger partial charge on any atom is 0.345 e. The molecule has 2 aliphatic heterocycles. The lowest BCUT2D eigenvalue weighted by molar-refractivity contribution is -0.0703. The molecule has 2 aromatic carbocycles. The summed E-state index contributed by atoms with van der Waals surface area (Å²) < 4.78 is 52.5. The molecule has 4 heterocycles. The SMILES string of the molecule is O=P1(C(c2ccccc2)c2ccccc2)OCC2(CO1)COP(=O)(C(c1ccccn1)c1ccccn1)OC2. The molecule has 39 heavy (non-hydrogen) atoms. The number of benzene rings is 2. The van der Waals surface area contributed by atoms with E-state index in [9.17, 15) is 9.13 Å². The quantitative estimate of drug-likeness (QED) is 0.236. The first-order chi connectivity index (χ1) is 19.0. The molecule has 0 amide bonds. The van der Waals surface area contributed by atoms with Crippen LogP contribution in [0.5, 0.6) is 0 Å². The fourth-order valence-corrected chi connectivity index (χ4v) is 9.50. The van der Waals surface area contributed by atoms with Gasteiger partial charge in [0.25, 0.3) is 0 Å². The molecule has 2 aliphatic rings. The number of nitrogens with zero attached hydrogens (tertiary/aromatic N) is 2. The molecule has 0 atom stereocenters. The van der Waals surface area contributed by atoms with Gasteiger partial charge in [0.2, 0.25) is 0 Å². The van der Waals surface area contributed by atoms with Crippen LogP contribution >= 0.6 is 15.2 Å². The highest BCUT2D eigenvalue weighted by molar-refractivity contribution is 7.55. The molecule has 0 unspecified atom stereocenters. The van der Waals surface area contributed by atoms with Crippen LogP contribution in [0.2, 0.25) is 0 Å². The lowest BCUT2D eigenvalue weighted by atomic mass is 9.93. The molecular formula is C29H28N2O6P2. The number of hydrogen-bond donors (Lipinski definition) is 0. The Balaban J connectivity index is 1.22. The Hall–Kier alpha value is -2.96. The van der Waals surface area contributed by atoms with Gasteiger partial charge in [-0.3, -0.25) is 19.1 Å². The highest BCUT2D eigenvalue weighted by Gasteiger charge is 2.54. The molecule has 8 nitrogen and oxygen atoms in total. The van der Waals surface area contributed by atoms with E-state index in [1.54, 1.807) is 36.7 Å². The molecule has 0 aliphatic carbocycles. The lowest BCUT2D eigenvalue weighted by Gasteiger charge is -2.45. The van der Waals surface area contributed by atoms with Gasteiger partial charge in [0.15, 0.2) is 0 Å². The van der Waals surface area contributed by atoms with Crippen LogP contribution in [-0.2, 0) is 27.2 Å². The summed E-state index contributed by atoms with van der Waals surface area (Å²) in [5, 5.41) is 0. The third-order valence-corrected chi connectivity index (χ3v) is 11.3. The molecule has 2 fully saturated rings. The molecule has 4 aromatic rings. The van der Waals surface area contributed by atoms with Gasteiger partial charge in [0, 0.05) is 12.4 Å². The first kappa shape index (κ1) is 26.3. The van der Waals surface area contributed by atoms with Crippen LogP contribution in [-0.4, -0.2) is 36.4 Å². The summed E-state index contributed by atoms with van der Waals surface area (Å²) >= 11 is 0. The predicted molar refractivity (Wildman–Crippen MR) is 146 cm³/mol. The van der Waals surface area contributed by atoms with Crippen molar-refractivity contribution in [2.75, 3.05) is 26.4 Å². The van der Waals surface area contributed by atoms with E-state index >= 15 is 0 Å². The molecule has 0 saturated carbocycles. The van der Waals surface area contributed by atoms with E-state index in [1.807, 2.05) is 72.8 Å². The largest absolute Gasteiger partial charge is 0.345 e. The zero-order valence-corrected chi connectivity index (χ0v) is 22.9. The molecule has 1 spiro atoms. The fourth-order valence-electron chi connectivity index (χ4n) is 4.91. The summed E-state index contributed by atoms with van der Waals surface area (Å²) in [4.78, 5) is 8.83. The Bertz CT molecular complexity index is 1270. The Morgan fingerprint density at radius 3 is 1.31 bits per heavy atom. The summed E-state index contributed by atoms with van der Waals surface area (Å²) in [5.74, 6) is 0. The molecule has 200 valence electrons. The first-order valence-corrected chi connectivity index (χ1v) is 15.9. The van der Waals surface area contributed by atoms with Crippen molar-refractivity contribution in [3.05, 3.63) is 132 Å². The van der Waals surface area contributed by atoms with Crippen LogP contribution in [0.3, 0.4) is 0 Å². The van der Waals surface area contributed by atoms with E-state index in [2.05, 4.69) is 9.97 Å². The van der Waals surface area contributed by atoms with Crippen LogP contribution in [0, 0.1) is 5.41 Å². The van der Waals surface area contributed by atoms with Crippen LogP contribution in [0.25, 0.3) is 0 Å². The zero-order valence-electron chi connectivity index (χ0n) is 21.1. The molecule has 2 aromatic heterocycles. The first-order valence-electron chi connectivity index (χ1n) is 12.7. The van der Waals surface area contributed by atoms with E-state index in [0.717, 1.165) is 11.1 Å². The standard InChI is InChI=1S/C29H28N2O6P2/c32-38(27(23-11-3-1-4-12-23)24-13-5-2-6-14-24)34-19-29(20-35-38)21-36-39(33,37-22-29)28(25-15-7-9-17-30-25)26-16-8-10-18-31-26/h1-18,27-28H,19-22H2. The third-order valence-electron chi connectivity index (χ3n) is 7.00. The van der Waals surface area contributed by atoms with Gasteiger partial charge in [-0.2, -0.15) is 0 Å². The van der Waals surface area contributed by atoms with Crippen molar-refractivity contribution in [3.8, 4) is 0 Å². The molecule has 10 heteroatoms. The van der Waals surface area contributed by atoms with Gasteiger partial charge in [-0.05, 0) is 35.4 Å². The minimum atomic E-state index is -3.71. The second kappa shape index (κ2) is 10.9. The van der Waals surface area contributed by atoms with Crippen molar-refractivity contribution in [3.63, 3.8) is 0 Å². The molecule has 0 bridgehead atoms. The molecule has 6 rings (SSSR count). The normalized spacial score (nSPS) is 27.1. The van der Waals surface area contributed by atoms with E-state index < -0.39 is 31.9 Å². The Morgan fingerprint density at radius 2 is 0.923 bits per heavy atom. The summed E-state index contributed by atoms with van der Waals surface area (Å²) in [6.07, 6.45) is 3.28. The van der Waals surface area contributed by atoms with Crippen LogP contribution < -0.4 is 0 Å². The average Bonchev–Trinajstić information content (AvgIpc) is 2.99. The number of pyridine rings is 2. The maximum atomic E-state index is 14.2. The van der Waals surface area contributed by atoms with Crippen LogP contribution in [0.1, 0.15) is 33.8 Å². The summed E-state index contributed by atoms with van der Waals surface area (Å²) in [6, 6.07) is 29.9. The maximum absolute atomic E-state index is 14.2. The van der Waals surface area contributed by atoms with Crippen molar-refractivity contribution in [1.29, 1.82) is 0 Å². The van der Waals surface area contributed by atoms with Crippen molar-refractivity contribution < 1.29 is 27.2 Å². The second-order valence-corrected chi connectivity index (χ2v) is 14.0. The zero-order chi connectivity index (χ0) is 26.8. The van der Waals surface area contributed by atoms with Crippen molar-refractivity contribution in [1.82, 2.24) is 9.97 Å². The minimum absolute atomic E-state index is 0.0573. The highest BCUT2D eigenvalue weighted by Crippen LogP contribution is 2.70. The summed E-state index contributed by atoms with van der Waals surface area (Å²) in [7, 11) is -7.32. The Morgan fingerprint density at radius 1 is 0.538 bits per heavy atom.